The first-order valence-electron chi connectivity index (χ1n) is 4.08. The highest BCUT2D eigenvalue weighted by molar-refractivity contribution is 6.16. The maximum absolute atomic E-state index is 11.1. The lowest BCUT2D eigenvalue weighted by Crippen LogP contribution is -2.57. The Morgan fingerprint density at radius 1 is 1.46 bits per heavy atom. The maximum atomic E-state index is 11.1. The van der Waals surface area contributed by atoms with E-state index in [0.717, 1.165) is 0 Å². The van der Waals surface area contributed by atoms with Gasteiger partial charge in [0.25, 0.3) is 0 Å². The summed E-state index contributed by atoms with van der Waals surface area (Å²) in [5.74, 6) is -3.28. The van der Waals surface area contributed by atoms with E-state index in [1.54, 1.807) is 0 Å². The van der Waals surface area contributed by atoms with Gasteiger partial charge in [-0.15, -0.1) is 0 Å². The van der Waals surface area contributed by atoms with Crippen LogP contribution in [0.15, 0.2) is 0 Å². The van der Waals surface area contributed by atoms with E-state index in [2.05, 4.69) is 4.74 Å². The molecule has 0 aromatic heterocycles. The van der Waals surface area contributed by atoms with E-state index < -0.39 is 29.2 Å². The number of carboxylic acids is 1. The van der Waals surface area contributed by atoms with Crippen molar-refractivity contribution >= 4 is 17.9 Å². The quantitative estimate of drug-likeness (QED) is 0.456. The molecular formula is C8H8O5. The number of esters is 2. The molecule has 1 saturated heterocycles. The van der Waals surface area contributed by atoms with Crippen molar-refractivity contribution in [1.29, 1.82) is 0 Å². The first kappa shape index (κ1) is 8.22. The van der Waals surface area contributed by atoms with Crippen LogP contribution in [0.5, 0.6) is 0 Å². The highest BCUT2D eigenvalue weighted by Crippen LogP contribution is 2.50. The van der Waals surface area contributed by atoms with Crippen LogP contribution in [0.2, 0.25) is 0 Å². The number of ether oxygens (including phenoxy) is 1. The van der Waals surface area contributed by atoms with Crippen LogP contribution in [0.3, 0.4) is 0 Å². The number of aliphatic carboxylic acids is 1. The summed E-state index contributed by atoms with van der Waals surface area (Å²) in [6.07, 6.45) is 1.30. The van der Waals surface area contributed by atoms with E-state index in [0.29, 0.717) is 19.3 Å². The van der Waals surface area contributed by atoms with Crippen LogP contribution in [0.4, 0.5) is 0 Å². The standard InChI is InChI=1S/C8H8O5/c9-5(10)4-2-1-3-8(4)6(11)13-7(8)12/h4H,1-3H2,(H,9,10). The molecule has 1 spiro atoms. The molecule has 0 aromatic carbocycles. The van der Waals surface area contributed by atoms with Crippen molar-refractivity contribution < 1.29 is 24.2 Å². The number of carbonyl (C=O) groups is 3. The number of hydrogen-bond acceptors (Lipinski definition) is 4. The van der Waals surface area contributed by atoms with Crippen molar-refractivity contribution in [3.05, 3.63) is 0 Å². The maximum Gasteiger partial charge on any atom is 0.332 e. The molecule has 2 fully saturated rings. The highest BCUT2D eigenvalue weighted by Gasteiger charge is 2.67. The van der Waals surface area contributed by atoms with Crippen molar-refractivity contribution in [1.82, 2.24) is 0 Å². The first-order valence-corrected chi connectivity index (χ1v) is 4.08. The van der Waals surface area contributed by atoms with Crippen LogP contribution < -0.4 is 0 Å². The Morgan fingerprint density at radius 3 is 2.46 bits per heavy atom. The van der Waals surface area contributed by atoms with Gasteiger partial charge in [0.15, 0.2) is 5.41 Å². The van der Waals surface area contributed by atoms with Gasteiger partial charge in [0, 0.05) is 0 Å². The van der Waals surface area contributed by atoms with Crippen LogP contribution in [0, 0.1) is 11.3 Å². The molecule has 1 unspecified atom stereocenters. The summed E-state index contributed by atoms with van der Waals surface area (Å²) in [5.41, 5.74) is -1.33. The number of carboxylic acid groups (broad SMARTS) is 1. The van der Waals surface area contributed by atoms with Gasteiger partial charge in [-0.25, -0.2) is 0 Å². The molecule has 1 N–H and O–H groups in total. The van der Waals surface area contributed by atoms with Gasteiger partial charge in [-0.2, -0.15) is 0 Å². The molecule has 0 amide bonds. The molecule has 0 radical (unpaired) electrons. The lowest BCUT2D eigenvalue weighted by Gasteiger charge is -2.35. The third-order valence-electron chi connectivity index (χ3n) is 2.87. The minimum absolute atomic E-state index is 0.321. The molecule has 2 rings (SSSR count). The summed E-state index contributed by atoms with van der Waals surface area (Å²) in [4.78, 5) is 32.9. The number of cyclic esters (lactones) is 2. The second-order valence-corrected chi connectivity index (χ2v) is 3.43. The molecule has 5 nitrogen and oxygen atoms in total. The topological polar surface area (TPSA) is 80.7 Å². The minimum Gasteiger partial charge on any atom is -0.481 e. The smallest absolute Gasteiger partial charge is 0.332 e. The largest absolute Gasteiger partial charge is 0.481 e. The van der Waals surface area contributed by atoms with E-state index in [4.69, 9.17) is 5.11 Å². The highest BCUT2D eigenvalue weighted by atomic mass is 16.6. The number of carbonyl (C=O) groups excluding carboxylic acids is 2. The van der Waals surface area contributed by atoms with E-state index in [1.807, 2.05) is 0 Å². The molecule has 1 aliphatic carbocycles. The second kappa shape index (κ2) is 2.31. The Kier molecular flexibility index (Phi) is 1.46. The molecule has 1 saturated carbocycles. The summed E-state index contributed by atoms with van der Waals surface area (Å²) in [5, 5.41) is 8.79. The van der Waals surface area contributed by atoms with Crippen molar-refractivity contribution in [2.45, 2.75) is 19.3 Å². The van der Waals surface area contributed by atoms with Crippen LogP contribution in [-0.2, 0) is 19.1 Å². The van der Waals surface area contributed by atoms with Gasteiger partial charge in [-0.3, -0.25) is 14.4 Å². The summed E-state index contributed by atoms with van der Waals surface area (Å²) in [6.45, 7) is 0. The van der Waals surface area contributed by atoms with Crippen LogP contribution in [0.1, 0.15) is 19.3 Å². The summed E-state index contributed by atoms with van der Waals surface area (Å²) in [6, 6.07) is 0. The van der Waals surface area contributed by atoms with Crippen molar-refractivity contribution in [3.63, 3.8) is 0 Å². The second-order valence-electron chi connectivity index (χ2n) is 3.43. The zero-order chi connectivity index (χ0) is 9.64. The molecule has 1 aliphatic heterocycles. The fraction of sp³-hybridized carbons (Fsp3) is 0.625. The summed E-state index contributed by atoms with van der Waals surface area (Å²) < 4.78 is 4.22. The Bertz CT molecular complexity index is 292. The summed E-state index contributed by atoms with van der Waals surface area (Å²) >= 11 is 0. The number of hydrogen-bond donors (Lipinski definition) is 1. The zero-order valence-corrected chi connectivity index (χ0v) is 6.78. The average Bonchev–Trinajstić information content (AvgIpc) is 2.50. The Morgan fingerprint density at radius 2 is 2.08 bits per heavy atom. The predicted octanol–water partition coefficient (Wildman–Crippen LogP) is -0.0591. The molecule has 0 aromatic rings. The number of rotatable bonds is 1. The zero-order valence-electron chi connectivity index (χ0n) is 6.78. The van der Waals surface area contributed by atoms with Gasteiger partial charge in [-0.05, 0) is 12.8 Å². The average molecular weight is 184 g/mol. The minimum atomic E-state index is -1.33. The third-order valence-corrected chi connectivity index (χ3v) is 2.87. The Balaban J connectivity index is 2.35. The van der Waals surface area contributed by atoms with Gasteiger partial charge < -0.3 is 9.84 Å². The van der Waals surface area contributed by atoms with Crippen LogP contribution in [0.25, 0.3) is 0 Å². The van der Waals surface area contributed by atoms with Crippen LogP contribution in [-0.4, -0.2) is 23.0 Å². The van der Waals surface area contributed by atoms with Gasteiger partial charge in [0.05, 0.1) is 5.92 Å². The van der Waals surface area contributed by atoms with Gasteiger partial charge in [0.2, 0.25) is 0 Å². The van der Waals surface area contributed by atoms with E-state index in [1.165, 1.54) is 0 Å². The third kappa shape index (κ3) is 0.787. The summed E-state index contributed by atoms with van der Waals surface area (Å²) in [7, 11) is 0. The van der Waals surface area contributed by atoms with Gasteiger partial charge in [0.1, 0.15) is 0 Å². The van der Waals surface area contributed by atoms with Crippen LogP contribution >= 0.6 is 0 Å². The molecule has 2 aliphatic rings. The monoisotopic (exact) mass is 184 g/mol. The van der Waals surface area contributed by atoms with E-state index >= 15 is 0 Å². The molecular weight excluding hydrogens is 176 g/mol. The van der Waals surface area contributed by atoms with E-state index in [9.17, 15) is 14.4 Å². The van der Waals surface area contributed by atoms with Gasteiger partial charge >= 0.3 is 17.9 Å². The normalized spacial score (nSPS) is 30.0. The predicted molar refractivity (Wildman–Crippen MR) is 38.5 cm³/mol. The fourth-order valence-corrected chi connectivity index (χ4v) is 2.13. The molecule has 1 atom stereocenters. The molecule has 5 heteroatoms. The SMILES string of the molecule is O=C(O)C1CCCC12C(=O)OC2=O. The van der Waals surface area contributed by atoms with Gasteiger partial charge in [-0.1, -0.05) is 6.42 Å². The first-order chi connectivity index (χ1) is 6.09. The van der Waals surface area contributed by atoms with E-state index in [-0.39, 0.29) is 0 Å². The molecule has 70 valence electrons. The van der Waals surface area contributed by atoms with Crippen molar-refractivity contribution in [2.75, 3.05) is 0 Å². The molecule has 1 heterocycles. The molecule has 0 bridgehead atoms. The lowest BCUT2D eigenvalue weighted by molar-refractivity contribution is -0.203. The lowest BCUT2D eigenvalue weighted by atomic mass is 9.74. The van der Waals surface area contributed by atoms with Crippen molar-refractivity contribution in [3.8, 4) is 0 Å². The fourth-order valence-electron chi connectivity index (χ4n) is 2.13. The Labute approximate surface area is 73.7 Å². The molecule has 13 heavy (non-hydrogen) atoms. The Hall–Kier alpha value is -1.39. The van der Waals surface area contributed by atoms with Crippen molar-refractivity contribution in [2.24, 2.45) is 11.3 Å².